The van der Waals surface area contributed by atoms with Crippen LogP contribution < -0.4 is 5.48 Å². The van der Waals surface area contributed by atoms with E-state index in [2.05, 4.69) is 71.4 Å². The summed E-state index contributed by atoms with van der Waals surface area (Å²) < 4.78 is 0. The lowest BCUT2D eigenvalue weighted by molar-refractivity contribution is -0.124. The molecule has 2 heterocycles. The number of aryl methyl sites for hydroxylation is 2. The van der Waals surface area contributed by atoms with Crippen molar-refractivity contribution in [3.8, 4) is 0 Å². The molecule has 0 bridgehead atoms. The Labute approximate surface area is 182 Å². The second-order valence-corrected chi connectivity index (χ2v) is 8.03. The van der Waals surface area contributed by atoms with Crippen LogP contribution in [0.1, 0.15) is 58.6 Å². The molecule has 1 saturated heterocycles. The number of aromatic nitrogens is 2. The Hall–Kier alpha value is -3.22. The lowest BCUT2D eigenvalue weighted by Crippen LogP contribution is -2.30. The lowest BCUT2D eigenvalue weighted by Gasteiger charge is -2.34. The molecule has 1 aliphatic rings. The van der Waals surface area contributed by atoms with Crippen molar-refractivity contribution in [2.75, 3.05) is 6.54 Å². The van der Waals surface area contributed by atoms with Gasteiger partial charge in [0, 0.05) is 23.4 Å². The third-order valence-corrected chi connectivity index (χ3v) is 6.06. The molecule has 0 saturated carbocycles. The number of amides is 1. The first-order chi connectivity index (χ1) is 15.1. The van der Waals surface area contributed by atoms with Crippen LogP contribution in [0, 0.1) is 13.8 Å². The molecule has 3 N–H and O–H groups in total. The summed E-state index contributed by atoms with van der Waals surface area (Å²) in [5.74, 6) is -0.539. The van der Waals surface area contributed by atoms with Crippen LogP contribution in [0.15, 0.2) is 60.7 Å². The molecule has 3 aromatic rings. The number of hydroxylamine groups is 1. The zero-order chi connectivity index (χ0) is 21.8. The minimum atomic E-state index is -0.539. The van der Waals surface area contributed by atoms with Gasteiger partial charge in [-0.05, 0) is 56.0 Å². The Morgan fingerprint density at radius 3 is 2.58 bits per heavy atom. The zero-order valence-corrected chi connectivity index (χ0v) is 17.9. The van der Waals surface area contributed by atoms with Crippen molar-refractivity contribution in [2.24, 2.45) is 0 Å². The van der Waals surface area contributed by atoms with Gasteiger partial charge in [0.15, 0.2) is 0 Å². The van der Waals surface area contributed by atoms with Gasteiger partial charge in [-0.2, -0.15) is 5.10 Å². The van der Waals surface area contributed by atoms with Gasteiger partial charge in [-0.3, -0.25) is 20.0 Å². The van der Waals surface area contributed by atoms with E-state index in [1.807, 2.05) is 12.1 Å². The summed E-state index contributed by atoms with van der Waals surface area (Å²) in [6.45, 7) is 5.19. The minimum absolute atomic E-state index is 0.139. The summed E-state index contributed by atoms with van der Waals surface area (Å²) in [6, 6.07) is 19.4. The number of H-pyrrole nitrogens is 1. The summed E-state index contributed by atoms with van der Waals surface area (Å²) in [6.07, 6.45) is 5.24. The van der Waals surface area contributed by atoms with Gasteiger partial charge in [-0.15, -0.1) is 0 Å². The van der Waals surface area contributed by atoms with E-state index in [1.54, 1.807) is 11.6 Å². The Morgan fingerprint density at radius 1 is 1.19 bits per heavy atom. The van der Waals surface area contributed by atoms with Crippen LogP contribution in [0.3, 0.4) is 0 Å². The molecule has 1 aliphatic heterocycles. The second-order valence-electron chi connectivity index (χ2n) is 8.03. The Kier molecular flexibility index (Phi) is 6.30. The molecular formula is C25H28N4O2. The molecule has 6 heteroatoms. The largest absolute Gasteiger partial charge is 0.288 e. The lowest BCUT2D eigenvalue weighted by atomic mass is 9.93. The molecule has 0 aliphatic carbocycles. The van der Waals surface area contributed by atoms with Crippen molar-refractivity contribution in [3.05, 3.63) is 94.3 Å². The normalized spacial score (nSPS) is 17.8. The van der Waals surface area contributed by atoms with Gasteiger partial charge >= 0.3 is 0 Å². The van der Waals surface area contributed by atoms with Gasteiger partial charge in [0.2, 0.25) is 0 Å². The number of likely N-dealkylation sites (tertiary alicyclic amines) is 1. The predicted molar refractivity (Wildman–Crippen MR) is 120 cm³/mol. The van der Waals surface area contributed by atoms with Crippen LogP contribution >= 0.6 is 0 Å². The molecule has 6 nitrogen and oxygen atoms in total. The molecule has 31 heavy (non-hydrogen) atoms. The van der Waals surface area contributed by atoms with Crippen LogP contribution in [0.4, 0.5) is 0 Å². The van der Waals surface area contributed by atoms with Crippen LogP contribution in [0.2, 0.25) is 0 Å². The van der Waals surface area contributed by atoms with Crippen LogP contribution in [-0.4, -0.2) is 32.8 Å². The van der Waals surface area contributed by atoms with Crippen molar-refractivity contribution >= 4 is 12.0 Å². The molecule has 2 atom stereocenters. The quantitative estimate of drug-likeness (QED) is 0.315. The van der Waals surface area contributed by atoms with E-state index in [9.17, 15) is 4.79 Å². The SMILES string of the molecule is Cc1n[nH]c(C)c1C(c1ccccc1)N1CCCC1c1ccc(C=CC(=O)NO)cc1. The van der Waals surface area contributed by atoms with Gasteiger partial charge in [0.25, 0.3) is 5.91 Å². The molecule has 0 radical (unpaired) electrons. The highest BCUT2D eigenvalue weighted by Gasteiger charge is 2.35. The molecule has 2 unspecified atom stereocenters. The standard InChI is InChI=1S/C25H28N4O2/c1-17-24(18(2)27-26-17)25(21-7-4-3-5-8-21)29-16-6-9-22(29)20-13-10-19(11-14-20)12-15-23(30)28-31/h3-5,7-8,10-15,22,25,31H,6,9,16H2,1-2H3,(H,26,27)(H,28,30). The average molecular weight is 417 g/mol. The first kappa shape index (κ1) is 21.0. The smallest absolute Gasteiger partial charge is 0.267 e. The molecule has 4 rings (SSSR count). The van der Waals surface area contributed by atoms with Gasteiger partial charge in [0.1, 0.15) is 0 Å². The highest BCUT2D eigenvalue weighted by Crippen LogP contribution is 2.43. The molecule has 160 valence electrons. The topological polar surface area (TPSA) is 81.2 Å². The number of hydrogen-bond donors (Lipinski definition) is 3. The Bertz CT molecular complexity index is 1040. The number of carbonyl (C=O) groups excluding carboxylic acids is 1. The van der Waals surface area contributed by atoms with Crippen LogP contribution in [-0.2, 0) is 4.79 Å². The van der Waals surface area contributed by atoms with E-state index in [0.717, 1.165) is 36.3 Å². The summed E-state index contributed by atoms with van der Waals surface area (Å²) in [7, 11) is 0. The maximum Gasteiger partial charge on any atom is 0.267 e. The number of nitrogens with zero attached hydrogens (tertiary/aromatic N) is 2. The van der Waals surface area contributed by atoms with Crippen molar-refractivity contribution in [3.63, 3.8) is 0 Å². The summed E-state index contributed by atoms with van der Waals surface area (Å²) >= 11 is 0. The Morgan fingerprint density at radius 2 is 1.94 bits per heavy atom. The first-order valence-corrected chi connectivity index (χ1v) is 10.6. The molecule has 2 aromatic carbocycles. The number of benzene rings is 2. The second kappa shape index (κ2) is 9.29. The minimum Gasteiger partial charge on any atom is -0.288 e. The van der Waals surface area contributed by atoms with Gasteiger partial charge in [-0.1, -0.05) is 54.6 Å². The van der Waals surface area contributed by atoms with Crippen molar-refractivity contribution in [1.29, 1.82) is 0 Å². The molecule has 1 fully saturated rings. The van der Waals surface area contributed by atoms with Crippen LogP contribution in [0.5, 0.6) is 0 Å². The number of nitrogens with one attached hydrogen (secondary N) is 2. The monoisotopic (exact) mass is 416 g/mol. The highest BCUT2D eigenvalue weighted by atomic mass is 16.5. The predicted octanol–water partition coefficient (Wildman–Crippen LogP) is 4.47. The third-order valence-electron chi connectivity index (χ3n) is 6.06. The number of carbonyl (C=O) groups is 1. The van der Waals surface area contributed by atoms with E-state index in [-0.39, 0.29) is 6.04 Å². The van der Waals surface area contributed by atoms with E-state index in [1.165, 1.54) is 22.8 Å². The third kappa shape index (κ3) is 4.45. The average Bonchev–Trinajstić information content (AvgIpc) is 3.41. The van der Waals surface area contributed by atoms with E-state index in [0.29, 0.717) is 6.04 Å². The van der Waals surface area contributed by atoms with Crippen LogP contribution in [0.25, 0.3) is 6.08 Å². The molecule has 0 spiro atoms. The molecule has 1 aromatic heterocycles. The van der Waals surface area contributed by atoms with E-state index in [4.69, 9.17) is 5.21 Å². The fourth-order valence-corrected chi connectivity index (χ4v) is 4.62. The van der Waals surface area contributed by atoms with E-state index < -0.39 is 5.91 Å². The molecule has 1 amide bonds. The van der Waals surface area contributed by atoms with Gasteiger partial charge < -0.3 is 0 Å². The fraction of sp³-hybridized carbons (Fsp3) is 0.280. The molecular weight excluding hydrogens is 388 g/mol. The van der Waals surface area contributed by atoms with Crippen molar-refractivity contribution in [1.82, 2.24) is 20.6 Å². The highest BCUT2D eigenvalue weighted by molar-refractivity contribution is 5.90. The maximum atomic E-state index is 11.2. The fourth-order valence-electron chi connectivity index (χ4n) is 4.62. The summed E-state index contributed by atoms with van der Waals surface area (Å²) in [5.41, 5.74) is 8.47. The Balaban J connectivity index is 1.67. The van der Waals surface area contributed by atoms with E-state index >= 15 is 0 Å². The summed E-state index contributed by atoms with van der Waals surface area (Å²) in [4.78, 5) is 13.8. The number of hydrogen-bond acceptors (Lipinski definition) is 4. The van der Waals surface area contributed by atoms with Crippen molar-refractivity contribution in [2.45, 2.75) is 38.8 Å². The number of rotatable bonds is 6. The zero-order valence-electron chi connectivity index (χ0n) is 17.9. The first-order valence-electron chi connectivity index (χ1n) is 10.6. The summed E-state index contributed by atoms with van der Waals surface area (Å²) in [5, 5.41) is 16.3. The maximum absolute atomic E-state index is 11.2. The van der Waals surface area contributed by atoms with Gasteiger partial charge in [-0.25, -0.2) is 5.48 Å². The number of aromatic amines is 1. The van der Waals surface area contributed by atoms with Gasteiger partial charge in [0.05, 0.1) is 11.7 Å². The van der Waals surface area contributed by atoms with Crippen molar-refractivity contribution < 1.29 is 10.0 Å².